The summed E-state index contributed by atoms with van der Waals surface area (Å²) in [6, 6.07) is 0.556. The number of carbonyl (C=O) groups is 1. The number of piperidine rings is 1. The van der Waals surface area contributed by atoms with Gasteiger partial charge in [0, 0.05) is 19.1 Å². The number of nitrogens with one attached hydrogen (secondary N) is 2. The van der Waals surface area contributed by atoms with Crippen LogP contribution in [0.5, 0.6) is 0 Å². The molecule has 1 aliphatic rings. The highest BCUT2D eigenvalue weighted by Crippen LogP contribution is 2.17. The number of aromatic amines is 1. The normalized spacial score (nSPS) is 19.0. The zero-order valence-corrected chi connectivity index (χ0v) is 14.8. The van der Waals surface area contributed by atoms with Crippen LogP contribution in [0.1, 0.15) is 32.4 Å². The minimum atomic E-state index is -0.265. The molecule has 2 heterocycles. The van der Waals surface area contributed by atoms with Gasteiger partial charge in [0.2, 0.25) is 5.91 Å². The molecule has 1 aliphatic heterocycles. The van der Waals surface area contributed by atoms with Crippen molar-refractivity contribution in [2.75, 3.05) is 25.4 Å². The van der Waals surface area contributed by atoms with Gasteiger partial charge in [-0.3, -0.25) is 14.6 Å². The number of likely N-dealkylation sites (tertiary alicyclic amines) is 1. The summed E-state index contributed by atoms with van der Waals surface area (Å²) in [7, 11) is 0. The van der Waals surface area contributed by atoms with Gasteiger partial charge in [0.1, 0.15) is 5.69 Å². The van der Waals surface area contributed by atoms with Crippen LogP contribution < -0.4 is 10.9 Å². The lowest BCUT2D eigenvalue weighted by Gasteiger charge is -2.35. The fraction of sp³-hybridized carbons (Fsp3) is 0.733. The van der Waals surface area contributed by atoms with Crippen molar-refractivity contribution in [1.82, 2.24) is 25.4 Å². The average molecular weight is 339 g/mol. The molecule has 7 nitrogen and oxygen atoms in total. The molecule has 2 N–H and O–H groups in total. The predicted octanol–water partition coefficient (Wildman–Crippen LogP) is 0.802. The van der Waals surface area contributed by atoms with Crippen LogP contribution in [-0.4, -0.2) is 57.4 Å². The predicted molar refractivity (Wildman–Crippen MR) is 90.6 cm³/mol. The van der Waals surface area contributed by atoms with Crippen molar-refractivity contribution >= 4 is 17.7 Å². The smallest absolute Gasteiger partial charge is 0.273 e. The summed E-state index contributed by atoms with van der Waals surface area (Å²) in [5.74, 6) is 0.702. The number of aryl methyl sites for hydroxylation is 1. The molecule has 23 heavy (non-hydrogen) atoms. The standard InChI is InChI=1S/C15H25N5O2S/c1-10(2)20-6-4-5-12(8-20)7-16-13(21)9-23-15-17-14(22)11(3)18-19-15/h10,12H,4-9H2,1-3H3,(H,16,21)(H,17,19,22)/t12-/m0/s1. The van der Waals surface area contributed by atoms with Crippen LogP contribution in [0.4, 0.5) is 0 Å². The van der Waals surface area contributed by atoms with E-state index in [0.29, 0.717) is 29.4 Å². The van der Waals surface area contributed by atoms with E-state index < -0.39 is 0 Å². The zero-order valence-electron chi connectivity index (χ0n) is 14.0. The Labute approximate surface area is 140 Å². The largest absolute Gasteiger partial charge is 0.355 e. The first-order valence-electron chi connectivity index (χ1n) is 8.03. The Morgan fingerprint density at radius 2 is 2.26 bits per heavy atom. The molecular formula is C15H25N5O2S. The van der Waals surface area contributed by atoms with Crippen LogP contribution in [-0.2, 0) is 4.79 Å². The van der Waals surface area contributed by atoms with E-state index >= 15 is 0 Å². The first kappa shape index (κ1) is 17.9. The van der Waals surface area contributed by atoms with Crippen molar-refractivity contribution in [2.24, 2.45) is 5.92 Å². The molecule has 0 unspecified atom stereocenters. The van der Waals surface area contributed by atoms with E-state index in [0.717, 1.165) is 19.5 Å². The zero-order chi connectivity index (χ0) is 16.8. The highest BCUT2D eigenvalue weighted by molar-refractivity contribution is 7.99. The Balaban J connectivity index is 1.72. The van der Waals surface area contributed by atoms with E-state index in [1.807, 2.05) is 0 Å². The summed E-state index contributed by atoms with van der Waals surface area (Å²) in [5.41, 5.74) is 0.0599. The Morgan fingerprint density at radius 3 is 2.96 bits per heavy atom. The average Bonchev–Trinajstić information content (AvgIpc) is 2.54. The third-order valence-corrected chi connectivity index (χ3v) is 4.91. The van der Waals surface area contributed by atoms with Crippen LogP contribution in [0.15, 0.2) is 9.95 Å². The van der Waals surface area contributed by atoms with Gasteiger partial charge >= 0.3 is 0 Å². The lowest BCUT2D eigenvalue weighted by atomic mass is 9.97. The Bertz CT molecular complexity index is 589. The molecule has 128 valence electrons. The van der Waals surface area contributed by atoms with Crippen molar-refractivity contribution in [1.29, 1.82) is 0 Å². The molecule has 1 atom stereocenters. The minimum Gasteiger partial charge on any atom is -0.355 e. The fourth-order valence-electron chi connectivity index (χ4n) is 2.62. The van der Waals surface area contributed by atoms with E-state index in [1.165, 1.54) is 18.2 Å². The second kappa shape index (κ2) is 8.44. The maximum Gasteiger partial charge on any atom is 0.273 e. The topological polar surface area (TPSA) is 91.0 Å². The quantitative estimate of drug-likeness (QED) is 0.745. The number of nitrogens with zero attached hydrogens (tertiary/aromatic N) is 3. The second-order valence-corrected chi connectivity index (χ2v) is 7.20. The number of H-pyrrole nitrogens is 1. The first-order chi connectivity index (χ1) is 11.0. The maximum atomic E-state index is 11.9. The van der Waals surface area contributed by atoms with Crippen molar-refractivity contribution in [3.63, 3.8) is 0 Å². The van der Waals surface area contributed by atoms with Crippen LogP contribution in [0.3, 0.4) is 0 Å². The molecular weight excluding hydrogens is 314 g/mol. The third kappa shape index (κ3) is 5.62. The Hall–Kier alpha value is -1.41. The van der Waals surface area contributed by atoms with Crippen molar-refractivity contribution in [2.45, 2.75) is 44.8 Å². The monoisotopic (exact) mass is 339 g/mol. The number of thioether (sulfide) groups is 1. The van der Waals surface area contributed by atoms with Crippen LogP contribution in [0.25, 0.3) is 0 Å². The summed E-state index contributed by atoms with van der Waals surface area (Å²) < 4.78 is 0. The number of rotatable bonds is 6. The molecule has 1 aromatic rings. The third-order valence-electron chi connectivity index (χ3n) is 4.05. The van der Waals surface area contributed by atoms with E-state index in [9.17, 15) is 9.59 Å². The fourth-order valence-corrected chi connectivity index (χ4v) is 3.25. The van der Waals surface area contributed by atoms with Gasteiger partial charge in [0.25, 0.3) is 5.56 Å². The molecule has 1 amide bonds. The molecule has 1 fully saturated rings. The first-order valence-corrected chi connectivity index (χ1v) is 9.01. The van der Waals surface area contributed by atoms with Crippen LogP contribution >= 0.6 is 11.8 Å². The van der Waals surface area contributed by atoms with E-state index in [2.05, 4.69) is 39.2 Å². The summed E-state index contributed by atoms with van der Waals surface area (Å²) in [4.78, 5) is 28.4. The lowest BCUT2D eigenvalue weighted by Crippen LogP contribution is -2.44. The van der Waals surface area contributed by atoms with Gasteiger partial charge in [0.15, 0.2) is 5.16 Å². The molecule has 0 aromatic carbocycles. The number of carbonyl (C=O) groups excluding carboxylic acids is 1. The second-order valence-electron chi connectivity index (χ2n) is 6.23. The molecule has 1 saturated heterocycles. The van der Waals surface area contributed by atoms with Gasteiger partial charge in [-0.25, -0.2) is 0 Å². The summed E-state index contributed by atoms with van der Waals surface area (Å²) >= 11 is 1.19. The van der Waals surface area contributed by atoms with E-state index in [-0.39, 0.29) is 17.2 Å². The van der Waals surface area contributed by atoms with Crippen molar-refractivity contribution < 1.29 is 4.79 Å². The number of amides is 1. The van der Waals surface area contributed by atoms with Gasteiger partial charge in [-0.1, -0.05) is 11.8 Å². The minimum absolute atomic E-state index is 0.0418. The van der Waals surface area contributed by atoms with Gasteiger partial charge < -0.3 is 10.2 Å². The summed E-state index contributed by atoms with van der Waals surface area (Å²) in [5, 5.41) is 11.0. The summed E-state index contributed by atoms with van der Waals surface area (Å²) in [6.07, 6.45) is 2.35. The molecule has 0 bridgehead atoms. The number of aromatic nitrogens is 3. The van der Waals surface area contributed by atoms with E-state index in [4.69, 9.17) is 0 Å². The summed E-state index contributed by atoms with van der Waals surface area (Å²) in [6.45, 7) is 8.91. The van der Waals surface area contributed by atoms with E-state index in [1.54, 1.807) is 6.92 Å². The van der Waals surface area contributed by atoms with Crippen molar-refractivity contribution in [3.05, 3.63) is 16.0 Å². The molecule has 0 saturated carbocycles. The van der Waals surface area contributed by atoms with Gasteiger partial charge in [-0.2, -0.15) is 0 Å². The molecule has 0 spiro atoms. The molecule has 0 radical (unpaired) electrons. The highest BCUT2D eigenvalue weighted by atomic mass is 32.2. The number of hydrogen-bond donors (Lipinski definition) is 2. The van der Waals surface area contributed by atoms with Gasteiger partial charge in [-0.15, -0.1) is 10.2 Å². The molecule has 0 aliphatic carbocycles. The highest BCUT2D eigenvalue weighted by Gasteiger charge is 2.21. The molecule has 8 heteroatoms. The van der Waals surface area contributed by atoms with Gasteiger partial charge in [0.05, 0.1) is 5.75 Å². The molecule has 1 aromatic heterocycles. The lowest BCUT2D eigenvalue weighted by molar-refractivity contribution is -0.118. The van der Waals surface area contributed by atoms with Crippen LogP contribution in [0, 0.1) is 12.8 Å². The maximum absolute atomic E-state index is 11.9. The Morgan fingerprint density at radius 1 is 1.48 bits per heavy atom. The SMILES string of the molecule is Cc1nnc(SCC(=O)NC[C@@H]2CCCN(C(C)C)C2)[nH]c1=O. The van der Waals surface area contributed by atoms with Crippen LogP contribution in [0.2, 0.25) is 0 Å². The number of hydrogen-bond acceptors (Lipinski definition) is 6. The van der Waals surface area contributed by atoms with Crippen molar-refractivity contribution in [3.8, 4) is 0 Å². The molecule has 2 rings (SSSR count). The van der Waals surface area contributed by atoms with Gasteiger partial charge in [-0.05, 0) is 46.1 Å². The Kier molecular flexibility index (Phi) is 6.59.